The van der Waals surface area contributed by atoms with Gasteiger partial charge in [0.1, 0.15) is 11.5 Å². The largest absolute Gasteiger partial charge is 0.464 e. The third-order valence-electron chi connectivity index (χ3n) is 6.54. The number of furan rings is 1. The molecule has 0 fully saturated rings. The van der Waals surface area contributed by atoms with Gasteiger partial charge in [0.2, 0.25) is 22.7 Å². The number of carbonyl (C=O) groups excluding carboxylic acids is 1. The van der Waals surface area contributed by atoms with E-state index in [1.807, 2.05) is 75.4 Å². The van der Waals surface area contributed by atoms with Crippen LogP contribution in [0.2, 0.25) is 0 Å². The Balaban J connectivity index is 1.43. The van der Waals surface area contributed by atoms with Crippen LogP contribution in [0.1, 0.15) is 30.9 Å². The quantitative estimate of drug-likeness (QED) is 0.266. The Morgan fingerprint density at radius 1 is 0.897 bits per heavy atom. The van der Waals surface area contributed by atoms with Gasteiger partial charge in [0.15, 0.2) is 11.5 Å². The summed E-state index contributed by atoms with van der Waals surface area (Å²) in [5.74, 6) is 2.32. The lowest BCUT2D eigenvalue weighted by molar-refractivity contribution is -0.133. The molecule has 1 amide bonds. The summed E-state index contributed by atoms with van der Waals surface area (Å²) in [5.41, 5.74) is 0.837. The predicted molar refractivity (Wildman–Crippen MR) is 148 cm³/mol. The fourth-order valence-corrected chi connectivity index (χ4v) is 6.22. The van der Waals surface area contributed by atoms with Gasteiger partial charge in [-0.1, -0.05) is 50.2 Å². The molecular formula is C30H32N2O6S. The molecular weight excluding hydrogens is 516 g/mol. The van der Waals surface area contributed by atoms with Crippen molar-refractivity contribution < 1.29 is 27.1 Å². The van der Waals surface area contributed by atoms with E-state index in [9.17, 15) is 13.2 Å². The highest BCUT2D eigenvalue weighted by molar-refractivity contribution is 7.89. The lowest BCUT2D eigenvalue weighted by Gasteiger charge is -2.28. The summed E-state index contributed by atoms with van der Waals surface area (Å²) < 4.78 is 45.6. The fraction of sp³-hybridized carbons (Fsp3) is 0.300. The highest BCUT2D eigenvalue weighted by atomic mass is 32.2. The molecule has 0 saturated carbocycles. The first-order valence-electron chi connectivity index (χ1n) is 12.9. The summed E-state index contributed by atoms with van der Waals surface area (Å²) >= 11 is 0. The average Bonchev–Trinajstić information content (AvgIpc) is 3.55. The van der Waals surface area contributed by atoms with E-state index in [4.69, 9.17) is 13.9 Å². The van der Waals surface area contributed by atoms with E-state index in [1.165, 1.54) is 4.31 Å². The van der Waals surface area contributed by atoms with Crippen LogP contribution < -0.4 is 9.47 Å². The number of aryl methyl sites for hydroxylation is 1. The molecule has 4 aromatic rings. The van der Waals surface area contributed by atoms with E-state index in [2.05, 4.69) is 0 Å². The van der Waals surface area contributed by atoms with Crippen LogP contribution in [0, 0.1) is 12.8 Å². The Morgan fingerprint density at radius 3 is 2.41 bits per heavy atom. The second kappa shape index (κ2) is 11.1. The number of fused-ring (bicyclic) bond motifs is 2. The predicted octanol–water partition coefficient (Wildman–Crippen LogP) is 5.35. The zero-order valence-corrected chi connectivity index (χ0v) is 23.1. The molecule has 0 radical (unpaired) electrons. The number of ether oxygens (including phenoxy) is 2. The molecule has 0 saturated heterocycles. The zero-order valence-electron chi connectivity index (χ0n) is 22.3. The van der Waals surface area contributed by atoms with E-state index in [0.29, 0.717) is 17.3 Å². The van der Waals surface area contributed by atoms with Gasteiger partial charge < -0.3 is 18.8 Å². The Bertz CT molecular complexity index is 1590. The number of carbonyl (C=O) groups is 1. The molecule has 1 aliphatic heterocycles. The third-order valence-corrected chi connectivity index (χ3v) is 8.35. The summed E-state index contributed by atoms with van der Waals surface area (Å²) in [4.78, 5) is 15.6. The van der Waals surface area contributed by atoms with Crippen molar-refractivity contribution in [2.75, 3.05) is 19.9 Å². The van der Waals surface area contributed by atoms with Crippen LogP contribution in [0.25, 0.3) is 10.8 Å². The van der Waals surface area contributed by atoms with Gasteiger partial charge in [0.05, 0.1) is 18.0 Å². The zero-order chi connectivity index (χ0) is 27.6. The Hall–Kier alpha value is -3.82. The molecule has 9 heteroatoms. The molecule has 39 heavy (non-hydrogen) atoms. The first-order valence-corrected chi connectivity index (χ1v) is 14.3. The van der Waals surface area contributed by atoms with Crippen LogP contribution in [0.4, 0.5) is 0 Å². The van der Waals surface area contributed by atoms with Crippen LogP contribution in [0.3, 0.4) is 0 Å². The van der Waals surface area contributed by atoms with E-state index >= 15 is 0 Å². The molecule has 0 unspecified atom stereocenters. The number of hydrogen-bond donors (Lipinski definition) is 0. The first-order chi connectivity index (χ1) is 18.7. The molecule has 3 aromatic carbocycles. The van der Waals surface area contributed by atoms with Crippen molar-refractivity contribution in [3.63, 3.8) is 0 Å². The number of rotatable bonds is 10. The molecule has 5 rings (SSSR count). The summed E-state index contributed by atoms with van der Waals surface area (Å²) in [5, 5.41) is 1.78. The van der Waals surface area contributed by atoms with Crippen LogP contribution >= 0.6 is 0 Å². The van der Waals surface area contributed by atoms with E-state index < -0.39 is 10.0 Å². The number of hydrogen-bond acceptors (Lipinski definition) is 6. The normalized spacial score (nSPS) is 12.9. The van der Waals surface area contributed by atoms with E-state index in [0.717, 1.165) is 22.1 Å². The van der Waals surface area contributed by atoms with E-state index in [-0.39, 0.29) is 49.7 Å². The average molecular weight is 549 g/mol. The summed E-state index contributed by atoms with van der Waals surface area (Å²) in [6.07, 6.45) is 0. The smallest absolute Gasteiger partial charge is 0.243 e. The summed E-state index contributed by atoms with van der Waals surface area (Å²) in [6, 6.07) is 21.9. The molecule has 2 heterocycles. The molecule has 204 valence electrons. The minimum atomic E-state index is -3.94. The Morgan fingerprint density at radius 2 is 1.67 bits per heavy atom. The summed E-state index contributed by atoms with van der Waals surface area (Å²) in [6.45, 7) is 6.23. The fourth-order valence-electron chi connectivity index (χ4n) is 4.63. The molecule has 1 aromatic heterocycles. The number of amides is 1. The maximum absolute atomic E-state index is 13.8. The molecule has 0 atom stereocenters. The third kappa shape index (κ3) is 6.10. The van der Waals surface area contributed by atoms with Gasteiger partial charge in [0.25, 0.3) is 0 Å². The number of benzene rings is 3. The van der Waals surface area contributed by atoms with Gasteiger partial charge in [-0.3, -0.25) is 4.79 Å². The summed E-state index contributed by atoms with van der Waals surface area (Å²) in [7, 11) is -3.94. The van der Waals surface area contributed by atoms with Crippen molar-refractivity contribution >= 4 is 26.7 Å². The van der Waals surface area contributed by atoms with Gasteiger partial charge in [-0.2, -0.15) is 4.31 Å². The monoisotopic (exact) mass is 548 g/mol. The molecule has 0 aliphatic carbocycles. The molecule has 8 nitrogen and oxygen atoms in total. The minimum absolute atomic E-state index is 0.0167. The lowest BCUT2D eigenvalue weighted by Crippen LogP contribution is -2.43. The van der Waals surface area contributed by atoms with Crippen molar-refractivity contribution in [3.8, 4) is 11.5 Å². The van der Waals surface area contributed by atoms with E-state index in [1.54, 1.807) is 23.1 Å². The maximum atomic E-state index is 13.8. The van der Waals surface area contributed by atoms with Crippen LogP contribution in [0.15, 0.2) is 82.1 Å². The molecule has 1 aliphatic rings. The molecule has 0 N–H and O–H groups in total. The van der Waals surface area contributed by atoms with Crippen molar-refractivity contribution in [3.05, 3.63) is 89.9 Å². The Labute approximate surface area is 228 Å². The standard InChI is InChI=1S/C30H32N2O6S/c1-21(2)16-32(39(34,35)27-12-10-24-6-4-5-7-25(24)15-27)19-30(33)31(18-26-11-8-22(3)38-26)17-23-9-13-28-29(14-23)37-20-36-28/h4-15,21H,16-20H2,1-3H3. The van der Waals surface area contributed by atoms with Crippen molar-refractivity contribution in [2.45, 2.75) is 38.8 Å². The second-order valence-corrected chi connectivity index (χ2v) is 12.1. The van der Waals surface area contributed by atoms with Crippen LogP contribution in [-0.4, -0.2) is 43.4 Å². The highest BCUT2D eigenvalue weighted by Crippen LogP contribution is 2.33. The number of sulfonamides is 1. The highest BCUT2D eigenvalue weighted by Gasteiger charge is 2.30. The van der Waals surface area contributed by atoms with Crippen molar-refractivity contribution in [1.29, 1.82) is 0 Å². The second-order valence-electron chi connectivity index (χ2n) is 10.2. The van der Waals surface area contributed by atoms with Crippen molar-refractivity contribution in [1.82, 2.24) is 9.21 Å². The van der Waals surface area contributed by atoms with Gasteiger partial charge >= 0.3 is 0 Å². The maximum Gasteiger partial charge on any atom is 0.243 e. The first kappa shape index (κ1) is 26.8. The van der Waals surface area contributed by atoms with Crippen LogP contribution in [-0.2, 0) is 27.9 Å². The van der Waals surface area contributed by atoms with Gasteiger partial charge in [0, 0.05) is 13.1 Å². The minimum Gasteiger partial charge on any atom is -0.464 e. The van der Waals surface area contributed by atoms with Gasteiger partial charge in [-0.05, 0) is 65.6 Å². The molecule has 0 bridgehead atoms. The Kier molecular flexibility index (Phi) is 7.63. The number of nitrogens with zero attached hydrogens (tertiary/aromatic N) is 2. The van der Waals surface area contributed by atoms with Crippen LogP contribution in [0.5, 0.6) is 11.5 Å². The van der Waals surface area contributed by atoms with Gasteiger partial charge in [-0.25, -0.2) is 8.42 Å². The van der Waals surface area contributed by atoms with Crippen molar-refractivity contribution in [2.24, 2.45) is 5.92 Å². The van der Waals surface area contributed by atoms with Gasteiger partial charge in [-0.15, -0.1) is 0 Å². The lowest BCUT2D eigenvalue weighted by atomic mass is 10.1. The molecule has 0 spiro atoms. The SMILES string of the molecule is Cc1ccc(CN(Cc2ccc3c(c2)OCO3)C(=O)CN(CC(C)C)S(=O)(=O)c2ccc3ccccc3c2)o1. The topological polar surface area (TPSA) is 89.3 Å².